The van der Waals surface area contributed by atoms with E-state index in [0.29, 0.717) is 18.4 Å². The molecule has 3 heterocycles. The molecule has 27 heavy (non-hydrogen) atoms. The van der Waals surface area contributed by atoms with E-state index in [-0.39, 0.29) is 24.0 Å². The topological polar surface area (TPSA) is 83.7 Å². The summed E-state index contributed by atoms with van der Waals surface area (Å²) in [5.41, 5.74) is 1.13. The Kier molecular flexibility index (Phi) is 8.07. The van der Waals surface area contributed by atoms with Crippen LogP contribution in [0.15, 0.2) is 28.1 Å². The molecule has 0 aliphatic carbocycles. The van der Waals surface area contributed by atoms with Gasteiger partial charge in [0.15, 0.2) is 5.96 Å². The van der Waals surface area contributed by atoms with Gasteiger partial charge in [0.05, 0.1) is 24.0 Å². The molecule has 1 aliphatic rings. The minimum absolute atomic E-state index is 0. The second kappa shape index (κ2) is 10.1. The molecule has 0 bridgehead atoms. The Morgan fingerprint density at radius 2 is 2.04 bits per heavy atom. The van der Waals surface area contributed by atoms with E-state index in [2.05, 4.69) is 51.1 Å². The van der Waals surface area contributed by atoms with E-state index >= 15 is 0 Å². The third kappa shape index (κ3) is 5.43. The monoisotopic (exact) mass is 550 g/mol. The van der Waals surface area contributed by atoms with Crippen molar-refractivity contribution in [2.45, 2.75) is 6.54 Å². The molecule has 148 valence electrons. The van der Waals surface area contributed by atoms with Crippen LogP contribution >= 0.6 is 39.9 Å². The van der Waals surface area contributed by atoms with Gasteiger partial charge >= 0.3 is 0 Å². The zero-order valence-electron chi connectivity index (χ0n) is 15.6. The van der Waals surface area contributed by atoms with E-state index in [1.165, 1.54) is 0 Å². The Morgan fingerprint density at radius 3 is 2.63 bits per heavy atom. The minimum Gasteiger partial charge on any atom is -0.480 e. The average Bonchev–Trinajstić information content (AvgIpc) is 3.08. The van der Waals surface area contributed by atoms with Gasteiger partial charge in [-0.1, -0.05) is 0 Å². The number of anilines is 1. The van der Waals surface area contributed by atoms with Crippen molar-refractivity contribution in [3.8, 4) is 5.88 Å². The predicted octanol–water partition coefficient (Wildman–Crippen LogP) is 1.50. The van der Waals surface area contributed by atoms with Crippen LogP contribution in [0.2, 0.25) is 0 Å². The number of methoxy groups -OCH3 is 1. The molecule has 2 aromatic rings. The molecule has 0 aromatic carbocycles. The van der Waals surface area contributed by atoms with Gasteiger partial charge in [-0.25, -0.2) is 4.98 Å². The fourth-order valence-corrected chi connectivity index (χ4v) is 3.19. The summed E-state index contributed by atoms with van der Waals surface area (Å²) in [5, 5.41) is 7.58. The Morgan fingerprint density at radius 1 is 1.30 bits per heavy atom. The number of nitrogens with zero attached hydrogens (tertiary/aromatic N) is 7. The van der Waals surface area contributed by atoms with E-state index in [1.807, 2.05) is 19.4 Å². The van der Waals surface area contributed by atoms with E-state index in [1.54, 1.807) is 25.0 Å². The lowest BCUT2D eigenvalue weighted by Gasteiger charge is -2.36. The van der Waals surface area contributed by atoms with Crippen LogP contribution in [0.4, 0.5) is 5.95 Å². The summed E-state index contributed by atoms with van der Waals surface area (Å²) in [6.45, 7) is 4.02. The maximum Gasteiger partial charge on any atom is 0.232 e. The number of piperazine rings is 1. The first-order chi connectivity index (χ1) is 12.6. The number of halogens is 2. The SMILES string of the molecule is CN=C(NCc1cnn(C)c1)N1CCN(c2ncc(Br)c(OC)n2)CC1.I. The minimum atomic E-state index is 0. The summed E-state index contributed by atoms with van der Waals surface area (Å²) in [5.74, 6) is 2.12. The predicted molar refractivity (Wildman–Crippen MR) is 119 cm³/mol. The number of aryl methyl sites for hydroxylation is 1. The summed E-state index contributed by atoms with van der Waals surface area (Å²) in [4.78, 5) is 17.6. The molecule has 0 amide bonds. The summed E-state index contributed by atoms with van der Waals surface area (Å²) in [7, 11) is 5.32. The van der Waals surface area contributed by atoms with Gasteiger partial charge in [-0.15, -0.1) is 24.0 Å². The zero-order valence-corrected chi connectivity index (χ0v) is 19.5. The Bertz CT molecular complexity index is 776. The van der Waals surface area contributed by atoms with Crippen LogP contribution in [0, 0.1) is 0 Å². The third-order valence-corrected chi connectivity index (χ3v) is 4.72. The van der Waals surface area contributed by atoms with E-state index < -0.39 is 0 Å². The normalized spacial score (nSPS) is 14.7. The molecule has 1 saturated heterocycles. The lowest BCUT2D eigenvalue weighted by Crippen LogP contribution is -2.52. The molecule has 1 N–H and O–H groups in total. The number of aliphatic imine (C=N–C) groups is 1. The van der Waals surface area contributed by atoms with Crippen LogP contribution < -0.4 is 15.0 Å². The molecule has 2 aromatic heterocycles. The van der Waals surface area contributed by atoms with Crippen LogP contribution in [0.3, 0.4) is 0 Å². The first-order valence-electron chi connectivity index (χ1n) is 8.35. The molecule has 1 fully saturated rings. The second-order valence-corrected chi connectivity index (χ2v) is 6.78. The molecule has 11 heteroatoms. The molecule has 0 unspecified atom stereocenters. The molecule has 0 radical (unpaired) electrons. The van der Waals surface area contributed by atoms with Crippen molar-refractivity contribution in [1.29, 1.82) is 0 Å². The number of hydrogen-bond donors (Lipinski definition) is 1. The quantitative estimate of drug-likeness (QED) is 0.351. The van der Waals surface area contributed by atoms with Gasteiger partial charge in [0, 0.05) is 58.6 Å². The smallest absolute Gasteiger partial charge is 0.232 e. The fourth-order valence-electron chi connectivity index (χ4n) is 2.83. The van der Waals surface area contributed by atoms with Crippen LogP contribution in [0.25, 0.3) is 0 Å². The number of rotatable bonds is 4. The van der Waals surface area contributed by atoms with Crippen molar-refractivity contribution >= 4 is 51.8 Å². The highest BCUT2D eigenvalue weighted by molar-refractivity contribution is 14.0. The van der Waals surface area contributed by atoms with E-state index in [0.717, 1.165) is 42.2 Å². The standard InChI is InChI=1S/C16H23BrN8O.HI/c1-18-15(19-8-12-9-21-23(2)11-12)24-4-6-25(7-5-24)16-20-10-13(17)14(22-16)26-3;/h9-11H,4-8H2,1-3H3,(H,18,19);1H. The van der Waals surface area contributed by atoms with Gasteiger partial charge in [0.2, 0.25) is 11.8 Å². The fraction of sp³-hybridized carbons (Fsp3) is 0.500. The summed E-state index contributed by atoms with van der Waals surface area (Å²) in [6, 6.07) is 0. The molecular weight excluding hydrogens is 527 g/mol. The van der Waals surface area contributed by atoms with Crippen molar-refractivity contribution in [1.82, 2.24) is 30.0 Å². The first-order valence-corrected chi connectivity index (χ1v) is 9.14. The summed E-state index contributed by atoms with van der Waals surface area (Å²) >= 11 is 3.38. The Labute approximate surface area is 184 Å². The molecule has 3 rings (SSSR count). The van der Waals surface area contributed by atoms with Crippen LogP contribution in [-0.4, -0.2) is 70.9 Å². The number of ether oxygens (including phenoxy) is 1. The summed E-state index contributed by atoms with van der Waals surface area (Å²) < 4.78 is 7.81. The van der Waals surface area contributed by atoms with Crippen molar-refractivity contribution < 1.29 is 4.74 Å². The Balaban J connectivity index is 0.00000261. The summed E-state index contributed by atoms with van der Waals surface area (Å²) in [6.07, 6.45) is 5.58. The van der Waals surface area contributed by atoms with E-state index in [9.17, 15) is 0 Å². The van der Waals surface area contributed by atoms with Crippen molar-refractivity contribution in [3.05, 3.63) is 28.6 Å². The maximum atomic E-state index is 5.26. The van der Waals surface area contributed by atoms with Gasteiger partial charge < -0.3 is 19.9 Å². The largest absolute Gasteiger partial charge is 0.480 e. The van der Waals surface area contributed by atoms with E-state index in [4.69, 9.17) is 4.74 Å². The number of guanidine groups is 1. The number of nitrogens with one attached hydrogen (secondary N) is 1. The van der Waals surface area contributed by atoms with Crippen LogP contribution in [0.1, 0.15) is 5.56 Å². The van der Waals surface area contributed by atoms with Crippen molar-refractivity contribution in [3.63, 3.8) is 0 Å². The second-order valence-electron chi connectivity index (χ2n) is 5.92. The maximum absolute atomic E-state index is 5.26. The van der Waals surface area contributed by atoms with Crippen molar-refractivity contribution in [2.75, 3.05) is 45.2 Å². The number of hydrogen-bond acceptors (Lipinski definition) is 6. The highest BCUT2D eigenvalue weighted by Gasteiger charge is 2.22. The van der Waals surface area contributed by atoms with Crippen molar-refractivity contribution in [2.24, 2.45) is 12.0 Å². The third-order valence-electron chi connectivity index (χ3n) is 4.18. The van der Waals surface area contributed by atoms with Gasteiger partial charge in [0.25, 0.3) is 0 Å². The molecule has 9 nitrogen and oxygen atoms in total. The van der Waals surface area contributed by atoms with Gasteiger partial charge in [0.1, 0.15) is 0 Å². The highest BCUT2D eigenvalue weighted by Crippen LogP contribution is 2.23. The lowest BCUT2D eigenvalue weighted by atomic mass is 10.3. The van der Waals surface area contributed by atoms with Gasteiger partial charge in [-0.05, 0) is 15.9 Å². The number of aromatic nitrogens is 4. The molecular formula is C16H24BrIN8O. The highest BCUT2D eigenvalue weighted by atomic mass is 127. The molecule has 0 spiro atoms. The average molecular weight is 551 g/mol. The van der Waals surface area contributed by atoms with Crippen LogP contribution in [0.5, 0.6) is 5.88 Å². The molecule has 0 saturated carbocycles. The first kappa shape index (κ1) is 21.7. The van der Waals surface area contributed by atoms with Crippen LogP contribution in [-0.2, 0) is 13.6 Å². The lowest BCUT2D eigenvalue weighted by molar-refractivity contribution is 0.366. The van der Waals surface area contributed by atoms with Gasteiger partial charge in [-0.3, -0.25) is 9.67 Å². The molecule has 0 atom stereocenters. The van der Waals surface area contributed by atoms with Gasteiger partial charge in [-0.2, -0.15) is 10.1 Å². The molecule has 1 aliphatic heterocycles. The Hall–Kier alpha value is -1.63. The zero-order chi connectivity index (χ0) is 18.5.